The smallest absolute Gasteiger partial charge is 0.135 e. The van der Waals surface area contributed by atoms with Crippen LogP contribution in [-0.2, 0) is 5.41 Å². The molecule has 0 bridgehead atoms. The van der Waals surface area contributed by atoms with Crippen LogP contribution in [0.4, 0.5) is 28.4 Å². The molecule has 2 heterocycles. The maximum Gasteiger partial charge on any atom is 0.135 e. The lowest BCUT2D eigenvalue weighted by Gasteiger charge is -2.32. The van der Waals surface area contributed by atoms with Crippen molar-refractivity contribution in [2.45, 2.75) is 18.3 Å². The van der Waals surface area contributed by atoms with Crippen molar-refractivity contribution < 1.29 is 8.83 Å². The molecule has 0 aliphatic heterocycles. The third kappa shape index (κ3) is 6.65. The molecule has 0 atom stereocenters. The van der Waals surface area contributed by atoms with Gasteiger partial charge in [0.05, 0.1) is 5.41 Å². The standard InChI is InChI=1S/C73H48N2O2/c1-3-15-47(16-4-1)49-27-31-51(32-28-49)74(55-37-41-71-63(45-55)59-21-9-13-25-69(59)76-71)53-35-39-67-61(43-53)62-44-54(36-40-68(62)73(67)65-23-11-7-19-57(65)58-20-8-12-24-66(58)73)75(52-33-29-50(30-34-52)48-17-5-2-6-18-48)56-38-42-72-64(46-56)60-22-10-14-26-70(60)77-72/h1-29,31-33,35-46H,30,34H2. The van der Waals surface area contributed by atoms with Crippen LogP contribution in [0, 0.1) is 0 Å². The van der Waals surface area contributed by atoms with E-state index in [0.717, 1.165) is 85.2 Å². The second-order valence-corrected chi connectivity index (χ2v) is 20.7. The summed E-state index contributed by atoms with van der Waals surface area (Å²) in [7, 11) is 0. The molecule has 0 fully saturated rings. The fraction of sp³-hybridized carbons (Fsp3) is 0.0411. The molecule has 4 heteroatoms. The van der Waals surface area contributed by atoms with Gasteiger partial charge in [-0.3, -0.25) is 0 Å². The van der Waals surface area contributed by atoms with Crippen LogP contribution in [0.15, 0.2) is 281 Å². The van der Waals surface area contributed by atoms with Crippen molar-refractivity contribution in [3.05, 3.63) is 300 Å². The highest BCUT2D eigenvalue weighted by atomic mass is 16.3. The molecule has 0 unspecified atom stereocenters. The molecule has 0 radical (unpaired) electrons. The van der Waals surface area contributed by atoms with Gasteiger partial charge in [-0.05, 0) is 171 Å². The molecule has 11 aromatic carbocycles. The number of rotatable bonds is 8. The van der Waals surface area contributed by atoms with E-state index in [9.17, 15) is 0 Å². The van der Waals surface area contributed by atoms with E-state index in [-0.39, 0.29) is 0 Å². The molecule has 0 amide bonds. The topological polar surface area (TPSA) is 32.8 Å². The number of nitrogens with zero attached hydrogens (tertiary/aromatic N) is 2. The first-order valence-corrected chi connectivity index (χ1v) is 26.7. The minimum atomic E-state index is -0.539. The Bertz CT molecular complexity index is 4530. The molecule has 4 nitrogen and oxygen atoms in total. The maximum absolute atomic E-state index is 6.42. The van der Waals surface area contributed by atoms with Gasteiger partial charge in [0.25, 0.3) is 0 Å². The molecule has 77 heavy (non-hydrogen) atoms. The van der Waals surface area contributed by atoms with Gasteiger partial charge in [0.1, 0.15) is 22.3 Å². The molecule has 2 aromatic heterocycles. The zero-order valence-electron chi connectivity index (χ0n) is 42.0. The van der Waals surface area contributed by atoms with Crippen molar-refractivity contribution in [1.82, 2.24) is 0 Å². The van der Waals surface area contributed by atoms with Gasteiger partial charge in [-0.1, -0.05) is 176 Å². The molecule has 16 rings (SSSR count). The van der Waals surface area contributed by atoms with Crippen LogP contribution in [0.2, 0.25) is 0 Å². The zero-order valence-corrected chi connectivity index (χ0v) is 42.0. The fourth-order valence-corrected chi connectivity index (χ4v) is 13.2. The fourth-order valence-electron chi connectivity index (χ4n) is 13.2. The number of anilines is 5. The molecule has 3 aliphatic carbocycles. The quantitative estimate of drug-likeness (QED) is 0.152. The van der Waals surface area contributed by atoms with E-state index < -0.39 is 5.41 Å². The lowest BCUT2D eigenvalue weighted by atomic mass is 9.70. The monoisotopic (exact) mass is 984 g/mol. The highest BCUT2D eigenvalue weighted by Crippen LogP contribution is 2.64. The van der Waals surface area contributed by atoms with Gasteiger partial charge in [0, 0.05) is 55.7 Å². The molecular formula is C73H48N2O2. The molecule has 3 aliphatic rings. The average molecular weight is 985 g/mol. The van der Waals surface area contributed by atoms with E-state index in [0.29, 0.717) is 0 Å². The highest BCUT2D eigenvalue weighted by molar-refractivity contribution is 6.08. The van der Waals surface area contributed by atoms with E-state index in [2.05, 4.69) is 265 Å². The average Bonchev–Trinajstić information content (AvgIpc) is 3.83. The van der Waals surface area contributed by atoms with Gasteiger partial charge >= 0.3 is 0 Å². The summed E-state index contributed by atoms with van der Waals surface area (Å²) >= 11 is 0. The Morgan fingerprint density at radius 2 is 0.714 bits per heavy atom. The van der Waals surface area contributed by atoms with Crippen molar-refractivity contribution in [2.75, 3.05) is 9.80 Å². The molecule has 362 valence electrons. The van der Waals surface area contributed by atoms with E-state index in [4.69, 9.17) is 8.83 Å². The predicted molar refractivity (Wildman–Crippen MR) is 318 cm³/mol. The minimum absolute atomic E-state index is 0.539. The Labute approximate surface area is 446 Å². The van der Waals surface area contributed by atoms with Crippen LogP contribution < -0.4 is 9.80 Å². The second kappa shape index (κ2) is 17.1. The first-order valence-electron chi connectivity index (χ1n) is 26.7. The summed E-state index contributed by atoms with van der Waals surface area (Å²) in [5.74, 6) is 0. The van der Waals surface area contributed by atoms with E-state index in [1.807, 2.05) is 12.1 Å². The SMILES string of the molecule is C1=C(c2ccccc2)CCC(N(c2ccc3c(c2)-c2cc(N(c4ccc(-c5ccccc5)cc4)c4ccc5oc6ccccc6c5c4)ccc2C32c3ccccc3-c3ccccc32)c2ccc3oc4ccccc4c3c2)=C1. The molecule has 13 aromatic rings. The third-order valence-electron chi connectivity index (χ3n) is 16.6. The van der Waals surface area contributed by atoms with Gasteiger partial charge in [-0.15, -0.1) is 0 Å². The summed E-state index contributed by atoms with van der Waals surface area (Å²) < 4.78 is 12.8. The van der Waals surface area contributed by atoms with Crippen molar-refractivity contribution in [3.63, 3.8) is 0 Å². The van der Waals surface area contributed by atoms with Crippen LogP contribution in [0.1, 0.15) is 40.7 Å². The summed E-state index contributed by atoms with van der Waals surface area (Å²) in [6, 6.07) is 93.2. The summed E-state index contributed by atoms with van der Waals surface area (Å²) in [4.78, 5) is 4.91. The Morgan fingerprint density at radius 3 is 1.29 bits per heavy atom. The van der Waals surface area contributed by atoms with Gasteiger partial charge < -0.3 is 18.6 Å². The lowest BCUT2D eigenvalue weighted by Crippen LogP contribution is -2.26. The number of allylic oxidation sites excluding steroid dienone is 4. The van der Waals surface area contributed by atoms with Crippen molar-refractivity contribution in [1.29, 1.82) is 0 Å². The van der Waals surface area contributed by atoms with E-state index >= 15 is 0 Å². The largest absolute Gasteiger partial charge is 0.456 e. The first-order chi connectivity index (χ1) is 38.2. The Hall–Kier alpha value is -9.90. The molecule has 0 N–H and O–H groups in total. The number of hydrogen-bond donors (Lipinski definition) is 0. The van der Waals surface area contributed by atoms with Crippen LogP contribution in [0.25, 0.3) is 82.8 Å². The van der Waals surface area contributed by atoms with E-state index in [1.165, 1.54) is 72.5 Å². The second-order valence-electron chi connectivity index (χ2n) is 20.7. The van der Waals surface area contributed by atoms with E-state index in [1.54, 1.807) is 0 Å². The predicted octanol–water partition coefficient (Wildman–Crippen LogP) is 19.9. The van der Waals surface area contributed by atoms with Crippen molar-refractivity contribution >= 4 is 77.9 Å². The normalized spacial score (nSPS) is 13.9. The van der Waals surface area contributed by atoms with Gasteiger partial charge in [-0.2, -0.15) is 0 Å². The number of fused-ring (bicyclic) bond motifs is 16. The summed E-state index contributed by atoms with van der Waals surface area (Å²) in [5.41, 5.74) is 24.8. The lowest BCUT2D eigenvalue weighted by molar-refractivity contribution is 0.668. The Kier molecular flexibility index (Phi) is 9.64. The zero-order chi connectivity index (χ0) is 50.6. The third-order valence-corrected chi connectivity index (χ3v) is 16.6. The summed E-state index contributed by atoms with van der Waals surface area (Å²) in [6.07, 6.45) is 6.48. The van der Waals surface area contributed by atoms with Gasteiger partial charge in [0.15, 0.2) is 0 Å². The minimum Gasteiger partial charge on any atom is -0.456 e. The van der Waals surface area contributed by atoms with Gasteiger partial charge in [0.2, 0.25) is 0 Å². The first kappa shape index (κ1) is 43.5. The van der Waals surface area contributed by atoms with Crippen molar-refractivity contribution in [2.24, 2.45) is 0 Å². The number of furan rings is 2. The maximum atomic E-state index is 6.42. The highest BCUT2D eigenvalue weighted by Gasteiger charge is 2.52. The number of hydrogen-bond acceptors (Lipinski definition) is 4. The molecule has 0 saturated heterocycles. The van der Waals surface area contributed by atoms with Crippen LogP contribution in [0.3, 0.4) is 0 Å². The summed E-state index contributed by atoms with van der Waals surface area (Å²) in [5, 5.41) is 4.41. The Morgan fingerprint density at radius 1 is 0.286 bits per heavy atom. The Balaban J connectivity index is 0.929. The van der Waals surface area contributed by atoms with Crippen LogP contribution >= 0.6 is 0 Å². The molecule has 1 spiro atoms. The number of para-hydroxylation sites is 2. The summed E-state index contributed by atoms with van der Waals surface area (Å²) in [6.45, 7) is 0. The van der Waals surface area contributed by atoms with Gasteiger partial charge in [-0.25, -0.2) is 0 Å². The molecule has 0 saturated carbocycles. The van der Waals surface area contributed by atoms with Crippen molar-refractivity contribution in [3.8, 4) is 33.4 Å². The molecular weight excluding hydrogens is 937 g/mol. The van der Waals surface area contributed by atoms with Crippen LogP contribution in [0.5, 0.6) is 0 Å². The number of benzene rings is 11. The van der Waals surface area contributed by atoms with Crippen LogP contribution in [-0.4, -0.2) is 0 Å².